The van der Waals surface area contributed by atoms with Gasteiger partial charge in [0.05, 0.1) is 9.92 Å². The summed E-state index contributed by atoms with van der Waals surface area (Å²) in [6.45, 7) is 0.593. The third-order valence-electron chi connectivity index (χ3n) is 3.24. The molecular weight excluding hydrogens is 370 g/mol. The van der Waals surface area contributed by atoms with Gasteiger partial charge in [0.15, 0.2) is 0 Å². The molecule has 1 heterocycles. The SMILES string of the molecule is O=C(O)CC1CCN(S(=O)(=O)c2ccc(Cl)c(Br)c2)C1. The molecule has 1 aliphatic heterocycles. The van der Waals surface area contributed by atoms with Crippen LogP contribution in [0.2, 0.25) is 5.02 Å². The second-order valence-electron chi connectivity index (χ2n) is 4.69. The Morgan fingerprint density at radius 3 is 2.80 bits per heavy atom. The first-order chi connectivity index (χ1) is 9.30. The molecule has 8 heteroatoms. The van der Waals surface area contributed by atoms with Crippen LogP contribution in [0.4, 0.5) is 0 Å². The molecule has 1 N–H and O–H groups in total. The molecule has 110 valence electrons. The van der Waals surface area contributed by atoms with E-state index in [1.807, 2.05) is 0 Å². The predicted octanol–water partition coefficient (Wildman–Crippen LogP) is 2.59. The monoisotopic (exact) mass is 381 g/mol. The molecule has 5 nitrogen and oxygen atoms in total. The minimum Gasteiger partial charge on any atom is -0.481 e. The average Bonchev–Trinajstić information content (AvgIpc) is 2.80. The Hall–Kier alpha value is -0.630. The van der Waals surface area contributed by atoms with Crippen molar-refractivity contribution in [3.8, 4) is 0 Å². The van der Waals surface area contributed by atoms with Gasteiger partial charge in [0, 0.05) is 24.0 Å². The summed E-state index contributed by atoms with van der Waals surface area (Å²) in [5.41, 5.74) is 0. The number of carboxylic acids is 1. The van der Waals surface area contributed by atoms with E-state index < -0.39 is 16.0 Å². The molecule has 1 unspecified atom stereocenters. The quantitative estimate of drug-likeness (QED) is 0.868. The van der Waals surface area contributed by atoms with Crippen molar-refractivity contribution < 1.29 is 18.3 Å². The number of halogens is 2. The summed E-state index contributed by atoms with van der Waals surface area (Å²) < 4.78 is 26.7. The van der Waals surface area contributed by atoms with Gasteiger partial charge in [0.1, 0.15) is 0 Å². The third-order valence-corrected chi connectivity index (χ3v) is 6.32. The standard InChI is InChI=1S/C12H13BrClNO4S/c13-10-6-9(1-2-11(10)14)20(18,19)15-4-3-8(7-15)5-12(16)17/h1-2,6,8H,3-5,7H2,(H,16,17). The highest BCUT2D eigenvalue weighted by Gasteiger charge is 2.33. The number of hydrogen-bond donors (Lipinski definition) is 1. The van der Waals surface area contributed by atoms with Gasteiger partial charge in [0.25, 0.3) is 0 Å². The molecule has 0 spiro atoms. The van der Waals surface area contributed by atoms with Gasteiger partial charge in [-0.3, -0.25) is 4.79 Å². The fraction of sp³-hybridized carbons (Fsp3) is 0.417. The smallest absolute Gasteiger partial charge is 0.303 e. The lowest BCUT2D eigenvalue weighted by Gasteiger charge is -2.16. The molecule has 0 radical (unpaired) electrons. The fourth-order valence-electron chi connectivity index (χ4n) is 2.22. The maximum absolute atomic E-state index is 12.4. The van der Waals surface area contributed by atoms with Crippen molar-refractivity contribution in [2.24, 2.45) is 5.92 Å². The second-order valence-corrected chi connectivity index (χ2v) is 7.89. The topological polar surface area (TPSA) is 74.7 Å². The van der Waals surface area contributed by atoms with E-state index >= 15 is 0 Å². The van der Waals surface area contributed by atoms with Crippen LogP contribution in [0, 0.1) is 5.92 Å². The summed E-state index contributed by atoms with van der Waals surface area (Å²) >= 11 is 9.05. The van der Waals surface area contributed by atoms with Crippen LogP contribution in [0.15, 0.2) is 27.6 Å². The van der Waals surface area contributed by atoms with Gasteiger partial charge in [-0.1, -0.05) is 11.6 Å². The van der Waals surface area contributed by atoms with E-state index in [9.17, 15) is 13.2 Å². The summed E-state index contributed by atoms with van der Waals surface area (Å²) in [4.78, 5) is 10.8. The van der Waals surface area contributed by atoms with Gasteiger partial charge < -0.3 is 5.11 Å². The summed E-state index contributed by atoms with van der Waals surface area (Å²) in [6, 6.07) is 4.43. The number of benzene rings is 1. The van der Waals surface area contributed by atoms with Crippen molar-refractivity contribution in [2.75, 3.05) is 13.1 Å². The summed E-state index contributed by atoms with van der Waals surface area (Å²) in [5.74, 6) is -1.03. The first kappa shape index (κ1) is 15.8. The highest BCUT2D eigenvalue weighted by atomic mass is 79.9. The van der Waals surface area contributed by atoms with E-state index in [0.29, 0.717) is 22.5 Å². The summed E-state index contributed by atoms with van der Waals surface area (Å²) in [6.07, 6.45) is 0.566. The molecule has 1 fully saturated rings. The zero-order valence-corrected chi connectivity index (χ0v) is 13.6. The maximum Gasteiger partial charge on any atom is 0.303 e. The minimum absolute atomic E-state index is 0.00364. The van der Waals surface area contributed by atoms with Crippen LogP contribution in [-0.4, -0.2) is 36.9 Å². The summed E-state index contributed by atoms with van der Waals surface area (Å²) in [7, 11) is -3.59. The predicted molar refractivity (Wildman–Crippen MR) is 78.3 cm³/mol. The van der Waals surface area contributed by atoms with Crippen LogP contribution in [-0.2, 0) is 14.8 Å². The Bertz CT molecular complexity index is 634. The van der Waals surface area contributed by atoms with Gasteiger partial charge in [-0.25, -0.2) is 8.42 Å². The lowest BCUT2D eigenvalue weighted by Crippen LogP contribution is -2.29. The molecule has 20 heavy (non-hydrogen) atoms. The van der Waals surface area contributed by atoms with Gasteiger partial charge in [0.2, 0.25) is 10.0 Å². The molecule has 0 aromatic heterocycles. The van der Waals surface area contributed by atoms with E-state index in [-0.39, 0.29) is 23.8 Å². The highest BCUT2D eigenvalue weighted by molar-refractivity contribution is 9.10. The number of hydrogen-bond acceptors (Lipinski definition) is 3. The normalized spacial score (nSPS) is 20.2. The largest absolute Gasteiger partial charge is 0.481 e. The summed E-state index contributed by atoms with van der Waals surface area (Å²) in [5, 5.41) is 9.20. The number of sulfonamides is 1. The number of carboxylic acid groups (broad SMARTS) is 1. The van der Waals surface area contributed by atoms with Gasteiger partial charge in [-0.2, -0.15) is 4.31 Å². The van der Waals surface area contributed by atoms with Crippen molar-refractivity contribution in [3.05, 3.63) is 27.7 Å². The van der Waals surface area contributed by atoms with Crippen LogP contribution >= 0.6 is 27.5 Å². The first-order valence-corrected chi connectivity index (χ1v) is 8.59. The lowest BCUT2D eigenvalue weighted by atomic mass is 10.1. The average molecular weight is 383 g/mol. The molecule has 1 aromatic rings. The number of carbonyl (C=O) groups is 1. The number of nitrogens with zero attached hydrogens (tertiary/aromatic N) is 1. The highest BCUT2D eigenvalue weighted by Crippen LogP contribution is 2.30. The number of rotatable bonds is 4. The first-order valence-electron chi connectivity index (χ1n) is 5.97. The van der Waals surface area contributed by atoms with Gasteiger partial charge >= 0.3 is 5.97 Å². The molecule has 0 saturated carbocycles. The fourth-order valence-corrected chi connectivity index (χ4v) is 4.42. The second kappa shape index (κ2) is 6.01. The van der Waals surface area contributed by atoms with Crippen molar-refractivity contribution in [2.45, 2.75) is 17.7 Å². The van der Waals surface area contributed by atoms with E-state index in [0.717, 1.165) is 0 Å². The van der Waals surface area contributed by atoms with Crippen LogP contribution in [0.25, 0.3) is 0 Å². The molecule has 2 rings (SSSR count). The minimum atomic E-state index is -3.59. The van der Waals surface area contributed by atoms with Crippen molar-refractivity contribution in [1.82, 2.24) is 4.31 Å². The zero-order valence-electron chi connectivity index (χ0n) is 10.4. The third kappa shape index (κ3) is 3.33. The van der Waals surface area contributed by atoms with Crippen LogP contribution < -0.4 is 0 Å². The maximum atomic E-state index is 12.4. The van der Waals surface area contributed by atoms with Crippen LogP contribution in [0.5, 0.6) is 0 Å². The Balaban J connectivity index is 2.19. The van der Waals surface area contributed by atoms with Crippen molar-refractivity contribution in [3.63, 3.8) is 0 Å². The molecule has 1 saturated heterocycles. The van der Waals surface area contributed by atoms with Gasteiger partial charge in [-0.05, 0) is 46.5 Å². The van der Waals surface area contributed by atoms with E-state index in [2.05, 4.69) is 15.9 Å². The molecule has 1 aromatic carbocycles. The van der Waals surface area contributed by atoms with Gasteiger partial charge in [-0.15, -0.1) is 0 Å². The van der Waals surface area contributed by atoms with Crippen molar-refractivity contribution in [1.29, 1.82) is 0 Å². The Labute approximate surface area is 130 Å². The number of aliphatic carboxylic acids is 1. The lowest BCUT2D eigenvalue weighted by molar-refractivity contribution is -0.137. The zero-order chi connectivity index (χ0) is 14.9. The molecule has 0 aliphatic carbocycles. The Morgan fingerprint density at radius 1 is 1.50 bits per heavy atom. The molecule has 0 bridgehead atoms. The van der Waals surface area contributed by atoms with E-state index in [4.69, 9.17) is 16.7 Å². The van der Waals surface area contributed by atoms with Crippen LogP contribution in [0.1, 0.15) is 12.8 Å². The molecule has 1 atom stereocenters. The Morgan fingerprint density at radius 2 is 2.20 bits per heavy atom. The molecule has 1 aliphatic rings. The Kier molecular flexibility index (Phi) is 4.73. The van der Waals surface area contributed by atoms with Crippen molar-refractivity contribution >= 4 is 43.5 Å². The van der Waals surface area contributed by atoms with E-state index in [1.165, 1.54) is 22.5 Å². The molecular formula is C12H13BrClNO4S. The van der Waals surface area contributed by atoms with E-state index in [1.54, 1.807) is 0 Å². The van der Waals surface area contributed by atoms with Crippen LogP contribution in [0.3, 0.4) is 0 Å². The molecule has 0 amide bonds.